The van der Waals surface area contributed by atoms with E-state index >= 15 is 0 Å². The van der Waals surface area contributed by atoms with Crippen LogP contribution in [0, 0.1) is 0 Å². The maximum absolute atomic E-state index is 6.00. The van der Waals surface area contributed by atoms with Gasteiger partial charge in [-0.15, -0.1) is 0 Å². The normalized spacial score (nSPS) is 32.1. The molecule has 1 unspecified atom stereocenters. The van der Waals surface area contributed by atoms with Crippen LogP contribution in [0.25, 0.3) is 0 Å². The molecule has 4 nitrogen and oxygen atoms in total. The molecule has 1 atom stereocenters. The van der Waals surface area contributed by atoms with Crippen LogP contribution < -0.4 is 5.73 Å². The lowest BCUT2D eigenvalue weighted by atomic mass is 10.0. The van der Waals surface area contributed by atoms with Gasteiger partial charge in [0.15, 0.2) is 5.96 Å². The third kappa shape index (κ3) is 3.04. The summed E-state index contributed by atoms with van der Waals surface area (Å²) in [6, 6.07) is 0. The molecule has 2 saturated heterocycles. The molecule has 0 amide bonds. The third-order valence-corrected chi connectivity index (χ3v) is 4.15. The highest BCUT2D eigenvalue weighted by Gasteiger charge is 2.29. The first-order valence-electron chi connectivity index (χ1n) is 5.96. The van der Waals surface area contributed by atoms with Gasteiger partial charge in [0, 0.05) is 31.2 Å². The SMILES string of the molecule is CC1(CN=C(N)N2CCSCC2)CCCO1. The topological polar surface area (TPSA) is 50.8 Å². The molecule has 0 aromatic rings. The van der Waals surface area contributed by atoms with Gasteiger partial charge in [-0.2, -0.15) is 11.8 Å². The Morgan fingerprint density at radius 2 is 2.25 bits per heavy atom. The molecule has 0 aromatic carbocycles. The van der Waals surface area contributed by atoms with Crippen molar-refractivity contribution >= 4 is 17.7 Å². The second-order valence-electron chi connectivity index (χ2n) is 4.68. The molecule has 0 aliphatic carbocycles. The maximum Gasteiger partial charge on any atom is 0.191 e. The van der Waals surface area contributed by atoms with Crippen LogP contribution in [0.5, 0.6) is 0 Å². The van der Waals surface area contributed by atoms with Gasteiger partial charge in [-0.05, 0) is 19.8 Å². The van der Waals surface area contributed by atoms with Gasteiger partial charge in [-0.3, -0.25) is 4.99 Å². The van der Waals surface area contributed by atoms with E-state index in [9.17, 15) is 0 Å². The van der Waals surface area contributed by atoms with Crippen molar-refractivity contribution in [3.05, 3.63) is 0 Å². The number of aliphatic imine (C=N–C) groups is 1. The quantitative estimate of drug-likeness (QED) is 0.579. The first kappa shape index (κ1) is 12.0. The number of nitrogens with two attached hydrogens (primary N) is 1. The van der Waals surface area contributed by atoms with Crippen LogP contribution in [-0.2, 0) is 4.74 Å². The fraction of sp³-hybridized carbons (Fsp3) is 0.909. The smallest absolute Gasteiger partial charge is 0.191 e. The average molecular weight is 243 g/mol. The lowest BCUT2D eigenvalue weighted by molar-refractivity contribution is 0.0282. The van der Waals surface area contributed by atoms with Crippen molar-refractivity contribution in [1.82, 2.24) is 4.90 Å². The minimum atomic E-state index is -0.0742. The summed E-state index contributed by atoms with van der Waals surface area (Å²) >= 11 is 1.98. The lowest BCUT2D eigenvalue weighted by Crippen LogP contribution is -2.43. The van der Waals surface area contributed by atoms with E-state index < -0.39 is 0 Å². The highest BCUT2D eigenvalue weighted by Crippen LogP contribution is 2.25. The highest BCUT2D eigenvalue weighted by atomic mass is 32.2. The van der Waals surface area contributed by atoms with Crippen molar-refractivity contribution in [3.63, 3.8) is 0 Å². The standard InChI is InChI=1S/C11H21N3OS/c1-11(3-2-6-15-11)9-13-10(12)14-4-7-16-8-5-14/h2-9H2,1H3,(H2,12,13). The Morgan fingerprint density at radius 1 is 1.50 bits per heavy atom. The Kier molecular flexibility index (Phi) is 3.97. The molecule has 2 aliphatic rings. The molecule has 2 N–H and O–H groups in total. The predicted octanol–water partition coefficient (Wildman–Crippen LogP) is 0.919. The fourth-order valence-electron chi connectivity index (χ4n) is 2.10. The summed E-state index contributed by atoms with van der Waals surface area (Å²) in [5.74, 6) is 3.01. The number of hydrogen-bond acceptors (Lipinski definition) is 3. The highest BCUT2D eigenvalue weighted by molar-refractivity contribution is 7.99. The van der Waals surface area contributed by atoms with Crippen molar-refractivity contribution in [2.45, 2.75) is 25.4 Å². The number of thioether (sulfide) groups is 1. The monoisotopic (exact) mass is 243 g/mol. The van der Waals surface area contributed by atoms with Crippen LogP contribution in [-0.4, -0.2) is 54.2 Å². The molecule has 92 valence electrons. The fourth-order valence-corrected chi connectivity index (χ4v) is 3.01. The summed E-state index contributed by atoms with van der Waals surface area (Å²) in [6.45, 7) is 5.74. The minimum absolute atomic E-state index is 0.0742. The van der Waals surface area contributed by atoms with Crippen LogP contribution >= 0.6 is 11.8 Å². The summed E-state index contributed by atoms with van der Waals surface area (Å²) in [6.07, 6.45) is 2.24. The third-order valence-electron chi connectivity index (χ3n) is 3.21. The largest absolute Gasteiger partial charge is 0.373 e. The van der Waals surface area contributed by atoms with Crippen molar-refractivity contribution in [2.24, 2.45) is 10.7 Å². The van der Waals surface area contributed by atoms with E-state index in [1.54, 1.807) is 0 Å². The summed E-state index contributed by atoms with van der Waals surface area (Å²) in [7, 11) is 0. The van der Waals surface area contributed by atoms with Crippen LogP contribution in [0.1, 0.15) is 19.8 Å². The number of rotatable bonds is 2. The molecule has 16 heavy (non-hydrogen) atoms. The molecule has 0 radical (unpaired) electrons. The molecule has 2 aliphatic heterocycles. The van der Waals surface area contributed by atoms with Crippen molar-refractivity contribution in [2.75, 3.05) is 37.7 Å². The van der Waals surface area contributed by atoms with E-state index in [1.807, 2.05) is 11.8 Å². The summed E-state index contributed by atoms with van der Waals surface area (Å²) < 4.78 is 5.69. The molecule has 2 heterocycles. The zero-order valence-electron chi connectivity index (χ0n) is 9.95. The van der Waals surface area contributed by atoms with Crippen LogP contribution in [0.3, 0.4) is 0 Å². The second-order valence-corrected chi connectivity index (χ2v) is 5.90. The van der Waals surface area contributed by atoms with Crippen LogP contribution in [0.4, 0.5) is 0 Å². The molecule has 0 bridgehead atoms. The molecule has 0 saturated carbocycles. The molecule has 5 heteroatoms. The summed E-state index contributed by atoms with van der Waals surface area (Å²) in [5, 5.41) is 0. The van der Waals surface area contributed by atoms with Gasteiger partial charge in [0.2, 0.25) is 0 Å². The van der Waals surface area contributed by atoms with E-state index in [-0.39, 0.29) is 5.60 Å². The van der Waals surface area contributed by atoms with E-state index in [0.717, 1.165) is 44.0 Å². The summed E-state index contributed by atoms with van der Waals surface area (Å²) in [4.78, 5) is 6.66. The zero-order chi connectivity index (χ0) is 11.4. The average Bonchev–Trinajstić information content (AvgIpc) is 2.75. The minimum Gasteiger partial charge on any atom is -0.373 e. The number of nitrogens with zero attached hydrogens (tertiary/aromatic N) is 2. The first-order chi connectivity index (χ1) is 7.70. The molecule has 0 spiro atoms. The second kappa shape index (κ2) is 5.27. The number of hydrogen-bond donors (Lipinski definition) is 1. The maximum atomic E-state index is 6.00. The van der Waals surface area contributed by atoms with E-state index in [4.69, 9.17) is 10.5 Å². The van der Waals surface area contributed by atoms with E-state index in [2.05, 4.69) is 16.8 Å². The Labute approximate surface area is 102 Å². The van der Waals surface area contributed by atoms with Crippen molar-refractivity contribution in [3.8, 4) is 0 Å². The Bertz CT molecular complexity index is 258. The van der Waals surface area contributed by atoms with Gasteiger partial charge in [0.25, 0.3) is 0 Å². The summed E-state index contributed by atoms with van der Waals surface area (Å²) in [5.41, 5.74) is 5.92. The predicted molar refractivity (Wildman–Crippen MR) is 69.0 cm³/mol. The zero-order valence-corrected chi connectivity index (χ0v) is 10.8. The van der Waals surface area contributed by atoms with Crippen LogP contribution in [0.2, 0.25) is 0 Å². The van der Waals surface area contributed by atoms with Gasteiger partial charge >= 0.3 is 0 Å². The number of ether oxygens (including phenoxy) is 1. The van der Waals surface area contributed by atoms with Gasteiger partial charge in [-0.25, -0.2) is 0 Å². The van der Waals surface area contributed by atoms with Gasteiger partial charge in [0.05, 0.1) is 12.1 Å². The van der Waals surface area contributed by atoms with Gasteiger partial charge in [-0.1, -0.05) is 0 Å². The first-order valence-corrected chi connectivity index (χ1v) is 7.12. The van der Waals surface area contributed by atoms with E-state index in [0.29, 0.717) is 12.5 Å². The Morgan fingerprint density at radius 3 is 2.88 bits per heavy atom. The molecule has 2 rings (SSSR count). The van der Waals surface area contributed by atoms with Gasteiger partial charge < -0.3 is 15.4 Å². The molecule has 0 aromatic heterocycles. The molecular weight excluding hydrogens is 222 g/mol. The van der Waals surface area contributed by atoms with Crippen LogP contribution in [0.15, 0.2) is 4.99 Å². The van der Waals surface area contributed by atoms with Gasteiger partial charge in [0.1, 0.15) is 0 Å². The molecular formula is C11H21N3OS. The number of guanidine groups is 1. The molecule has 2 fully saturated rings. The van der Waals surface area contributed by atoms with Crippen molar-refractivity contribution in [1.29, 1.82) is 0 Å². The van der Waals surface area contributed by atoms with E-state index in [1.165, 1.54) is 0 Å². The Balaban J connectivity index is 1.85. The lowest BCUT2D eigenvalue weighted by Gasteiger charge is -2.28. The Hall–Kier alpha value is -0.420. The van der Waals surface area contributed by atoms with Crippen molar-refractivity contribution < 1.29 is 4.74 Å².